The summed E-state index contributed by atoms with van der Waals surface area (Å²) in [7, 11) is 0. The molecule has 1 aromatic carbocycles. The number of amides is 1. The molecular formula is C18H17N3O4. The number of aryl methyl sites for hydroxylation is 1. The van der Waals surface area contributed by atoms with E-state index in [1.54, 1.807) is 23.3 Å². The third-order valence-electron chi connectivity index (χ3n) is 4.06. The van der Waals surface area contributed by atoms with Gasteiger partial charge >= 0.3 is 0 Å². The van der Waals surface area contributed by atoms with E-state index < -0.39 is 0 Å². The minimum Gasteiger partial charge on any atom is -0.461 e. The Balaban J connectivity index is 1.44. The first-order valence-electron chi connectivity index (χ1n) is 8.14. The lowest BCUT2D eigenvalue weighted by molar-refractivity contribution is -0.118. The Morgan fingerprint density at radius 1 is 1.20 bits per heavy atom. The monoisotopic (exact) mass is 339 g/mol. The zero-order valence-corrected chi connectivity index (χ0v) is 13.6. The molecule has 1 aliphatic heterocycles. The lowest BCUT2D eigenvalue weighted by Crippen LogP contribution is -2.33. The summed E-state index contributed by atoms with van der Waals surface area (Å²) in [6, 6.07) is 11.3. The van der Waals surface area contributed by atoms with Gasteiger partial charge in [0.2, 0.25) is 17.6 Å². The van der Waals surface area contributed by atoms with Crippen molar-refractivity contribution in [2.75, 3.05) is 18.1 Å². The largest absolute Gasteiger partial charge is 0.461 e. The lowest BCUT2D eigenvalue weighted by Gasteiger charge is -2.21. The van der Waals surface area contributed by atoms with Gasteiger partial charge < -0.3 is 18.6 Å². The van der Waals surface area contributed by atoms with E-state index in [4.69, 9.17) is 13.7 Å². The van der Waals surface area contributed by atoms with Crippen LogP contribution in [-0.4, -0.2) is 29.2 Å². The minimum atomic E-state index is 0.00991. The number of benzene rings is 1. The first-order valence-corrected chi connectivity index (χ1v) is 8.14. The fraction of sp³-hybridized carbons (Fsp3) is 0.278. The standard InChI is InChI=1S/C18H17N3O4/c22-17(21-9-11-23-12-13-4-1-2-5-14(13)21)8-7-16-19-18(20-25-16)15-6-3-10-24-15/h1-6,10H,7-9,11-12H2. The maximum Gasteiger partial charge on any atom is 0.238 e. The Morgan fingerprint density at radius 2 is 2.12 bits per heavy atom. The molecule has 1 aliphatic rings. The van der Waals surface area contributed by atoms with Gasteiger partial charge in [0.1, 0.15) is 0 Å². The number of anilines is 1. The van der Waals surface area contributed by atoms with Gasteiger partial charge in [-0.1, -0.05) is 23.4 Å². The van der Waals surface area contributed by atoms with E-state index >= 15 is 0 Å². The predicted molar refractivity (Wildman–Crippen MR) is 88.8 cm³/mol. The zero-order valence-electron chi connectivity index (χ0n) is 13.6. The fourth-order valence-corrected chi connectivity index (χ4v) is 2.82. The van der Waals surface area contributed by atoms with Crippen molar-refractivity contribution in [1.29, 1.82) is 0 Å². The van der Waals surface area contributed by atoms with Crippen LogP contribution < -0.4 is 4.90 Å². The number of fused-ring (bicyclic) bond motifs is 1. The van der Waals surface area contributed by atoms with Crippen LogP contribution >= 0.6 is 0 Å². The highest BCUT2D eigenvalue weighted by atomic mass is 16.5. The summed E-state index contributed by atoms with van der Waals surface area (Å²) in [5, 5.41) is 3.88. The van der Waals surface area contributed by atoms with Gasteiger partial charge in [0.15, 0.2) is 5.76 Å². The number of furan rings is 1. The molecule has 2 aromatic heterocycles. The van der Waals surface area contributed by atoms with Crippen molar-refractivity contribution in [2.24, 2.45) is 0 Å². The Morgan fingerprint density at radius 3 is 3.00 bits per heavy atom. The van der Waals surface area contributed by atoms with Crippen LogP contribution in [0.5, 0.6) is 0 Å². The molecule has 0 radical (unpaired) electrons. The predicted octanol–water partition coefficient (Wildman–Crippen LogP) is 2.83. The van der Waals surface area contributed by atoms with E-state index in [1.807, 2.05) is 24.3 Å². The van der Waals surface area contributed by atoms with Gasteiger partial charge in [0, 0.05) is 30.6 Å². The van der Waals surface area contributed by atoms with Crippen LogP contribution in [0.2, 0.25) is 0 Å². The Hall–Kier alpha value is -2.93. The summed E-state index contributed by atoms with van der Waals surface area (Å²) < 4.78 is 16.0. The molecular weight excluding hydrogens is 322 g/mol. The number of hydrogen-bond acceptors (Lipinski definition) is 6. The molecule has 0 bridgehead atoms. The fourth-order valence-electron chi connectivity index (χ4n) is 2.82. The third kappa shape index (κ3) is 3.32. The number of nitrogens with zero attached hydrogens (tertiary/aromatic N) is 3. The van der Waals surface area contributed by atoms with Gasteiger partial charge in [-0.15, -0.1) is 0 Å². The molecule has 128 valence electrons. The quantitative estimate of drug-likeness (QED) is 0.727. The zero-order chi connectivity index (χ0) is 17.1. The van der Waals surface area contributed by atoms with Gasteiger partial charge in [-0.25, -0.2) is 0 Å². The van der Waals surface area contributed by atoms with Crippen LogP contribution in [0.1, 0.15) is 17.9 Å². The first kappa shape index (κ1) is 15.6. The molecule has 0 N–H and O–H groups in total. The second-order valence-corrected chi connectivity index (χ2v) is 5.72. The highest BCUT2D eigenvalue weighted by Crippen LogP contribution is 2.24. The van der Waals surface area contributed by atoms with Crippen molar-refractivity contribution in [3.63, 3.8) is 0 Å². The summed E-state index contributed by atoms with van der Waals surface area (Å²) in [6.07, 6.45) is 2.22. The third-order valence-corrected chi connectivity index (χ3v) is 4.06. The Bertz CT molecular complexity index is 857. The van der Waals surface area contributed by atoms with Gasteiger partial charge in [0.25, 0.3) is 0 Å². The molecule has 4 rings (SSSR count). The molecule has 0 saturated carbocycles. The maximum atomic E-state index is 12.7. The topological polar surface area (TPSA) is 81.6 Å². The van der Waals surface area contributed by atoms with Gasteiger partial charge in [0.05, 0.1) is 19.5 Å². The molecule has 3 aromatic rings. The highest BCUT2D eigenvalue weighted by Gasteiger charge is 2.22. The SMILES string of the molecule is O=C(CCc1nc(-c2ccco2)no1)N1CCOCc2ccccc21. The number of hydrogen-bond donors (Lipinski definition) is 0. The maximum absolute atomic E-state index is 12.7. The van der Waals surface area contributed by atoms with Crippen LogP contribution in [0.4, 0.5) is 5.69 Å². The first-order chi connectivity index (χ1) is 12.3. The van der Waals surface area contributed by atoms with E-state index in [0.29, 0.717) is 43.7 Å². The summed E-state index contributed by atoms with van der Waals surface area (Å²) in [5.74, 6) is 1.36. The molecule has 1 amide bonds. The number of para-hydroxylation sites is 1. The molecule has 0 saturated heterocycles. The molecule has 25 heavy (non-hydrogen) atoms. The molecule has 0 fully saturated rings. The van der Waals surface area contributed by atoms with E-state index in [0.717, 1.165) is 11.3 Å². The van der Waals surface area contributed by atoms with Crippen LogP contribution in [0.25, 0.3) is 11.6 Å². The Kier molecular flexibility index (Phi) is 4.30. The van der Waals surface area contributed by atoms with Crippen molar-refractivity contribution in [3.8, 4) is 11.6 Å². The van der Waals surface area contributed by atoms with Gasteiger partial charge in [-0.05, 0) is 18.2 Å². The van der Waals surface area contributed by atoms with E-state index in [-0.39, 0.29) is 12.3 Å². The molecule has 0 atom stereocenters. The highest BCUT2D eigenvalue weighted by molar-refractivity contribution is 5.94. The van der Waals surface area contributed by atoms with Gasteiger partial charge in [-0.3, -0.25) is 4.79 Å². The van der Waals surface area contributed by atoms with Crippen molar-refractivity contribution in [2.45, 2.75) is 19.4 Å². The average Bonchev–Trinajstić information content (AvgIpc) is 3.27. The second kappa shape index (κ2) is 6.90. The number of carbonyl (C=O) groups excluding carboxylic acids is 1. The Labute approximate surface area is 144 Å². The van der Waals surface area contributed by atoms with E-state index in [2.05, 4.69) is 10.1 Å². The van der Waals surface area contributed by atoms with Crippen molar-refractivity contribution >= 4 is 11.6 Å². The summed E-state index contributed by atoms with van der Waals surface area (Å²) >= 11 is 0. The molecule has 0 spiro atoms. The molecule has 0 aliphatic carbocycles. The average molecular weight is 339 g/mol. The number of carbonyl (C=O) groups is 1. The second-order valence-electron chi connectivity index (χ2n) is 5.72. The van der Waals surface area contributed by atoms with E-state index in [9.17, 15) is 4.79 Å². The summed E-state index contributed by atoms with van der Waals surface area (Å²) in [6.45, 7) is 1.58. The lowest BCUT2D eigenvalue weighted by atomic mass is 10.1. The summed E-state index contributed by atoms with van der Waals surface area (Å²) in [5.41, 5.74) is 1.93. The summed E-state index contributed by atoms with van der Waals surface area (Å²) in [4.78, 5) is 18.7. The normalized spacial score (nSPS) is 14.2. The number of aromatic nitrogens is 2. The smallest absolute Gasteiger partial charge is 0.238 e. The van der Waals surface area contributed by atoms with Crippen LogP contribution in [0.3, 0.4) is 0 Å². The van der Waals surface area contributed by atoms with Crippen molar-refractivity contribution in [1.82, 2.24) is 10.1 Å². The van der Waals surface area contributed by atoms with Gasteiger partial charge in [-0.2, -0.15) is 4.98 Å². The molecule has 3 heterocycles. The number of ether oxygens (including phenoxy) is 1. The van der Waals surface area contributed by atoms with Crippen LogP contribution in [0, 0.1) is 0 Å². The van der Waals surface area contributed by atoms with E-state index in [1.165, 1.54) is 0 Å². The van der Waals surface area contributed by atoms with Crippen molar-refractivity contribution in [3.05, 3.63) is 54.1 Å². The molecule has 7 heteroatoms. The van der Waals surface area contributed by atoms with Crippen LogP contribution in [0.15, 0.2) is 51.6 Å². The van der Waals surface area contributed by atoms with Crippen molar-refractivity contribution < 1.29 is 18.5 Å². The van der Waals surface area contributed by atoms with Crippen LogP contribution in [-0.2, 0) is 22.6 Å². The molecule has 7 nitrogen and oxygen atoms in total. The minimum absolute atomic E-state index is 0.00991. The molecule has 0 unspecified atom stereocenters. The number of rotatable bonds is 4.